The molecule has 0 aromatic heterocycles. The summed E-state index contributed by atoms with van der Waals surface area (Å²) in [6, 6.07) is 0. The first-order valence-corrected chi connectivity index (χ1v) is 6.38. The molecule has 0 saturated carbocycles. The predicted molar refractivity (Wildman–Crippen MR) is 65.2 cm³/mol. The van der Waals surface area contributed by atoms with Gasteiger partial charge in [-0.25, -0.2) is 0 Å². The third-order valence-electron chi connectivity index (χ3n) is 3.99. The van der Waals surface area contributed by atoms with E-state index in [1.807, 2.05) is 6.92 Å². The summed E-state index contributed by atoms with van der Waals surface area (Å²) < 4.78 is 5.10. The highest BCUT2D eigenvalue weighted by Crippen LogP contribution is 2.36. The van der Waals surface area contributed by atoms with E-state index in [0.717, 1.165) is 25.9 Å². The summed E-state index contributed by atoms with van der Waals surface area (Å²) in [5, 5.41) is 3.36. The van der Waals surface area contributed by atoms with Crippen molar-refractivity contribution < 1.29 is 9.53 Å². The summed E-state index contributed by atoms with van der Waals surface area (Å²) in [4.78, 5) is 11.7. The van der Waals surface area contributed by atoms with Crippen molar-refractivity contribution in [1.29, 1.82) is 0 Å². The van der Waals surface area contributed by atoms with Gasteiger partial charge in [0.2, 0.25) is 0 Å². The lowest BCUT2D eigenvalue weighted by Gasteiger charge is -2.39. The molecular weight excluding hydrogens is 202 g/mol. The van der Waals surface area contributed by atoms with Crippen molar-refractivity contribution in [3.05, 3.63) is 0 Å². The van der Waals surface area contributed by atoms with Gasteiger partial charge in [-0.1, -0.05) is 27.2 Å². The fourth-order valence-electron chi connectivity index (χ4n) is 2.27. The maximum absolute atomic E-state index is 11.7. The van der Waals surface area contributed by atoms with Gasteiger partial charge < -0.3 is 10.1 Å². The van der Waals surface area contributed by atoms with Gasteiger partial charge in [-0.15, -0.1) is 0 Å². The predicted octanol–water partition coefficient (Wildman–Crippen LogP) is 2.21. The van der Waals surface area contributed by atoms with E-state index in [1.54, 1.807) is 0 Å². The van der Waals surface area contributed by atoms with Gasteiger partial charge in [0.1, 0.15) is 0 Å². The van der Waals surface area contributed by atoms with Crippen LogP contribution >= 0.6 is 0 Å². The largest absolute Gasteiger partial charge is 0.466 e. The third-order valence-corrected chi connectivity index (χ3v) is 3.99. The summed E-state index contributed by atoms with van der Waals surface area (Å²) in [7, 11) is 0. The van der Waals surface area contributed by atoms with Crippen LogP contribution in [0.15, 0.2) is 0 Å². The van der Waals surface area contributed by atoms with Crippen molar-refractivity contribution in [3.8, 4) is 0 Å². The van der Waals surface area contributed by atoms with E-state index in [1.165, 1.54) is 0 Å². The molecule has 0 aromatic carbocycles. The number of rotatable bonds is 4. The molecule has 1 aliphatic rings. The highest BCUT2D eigenvalue weighted by Gasteiger charge is 2.35. The molecule has 2 atom stereocenters. The van der Waals surface area contributed by atoms with Crippen molar-refractivity contribution in [2.45, 2.75) is 40.5 Å². The van der Waals surface area contributed by atoms with E-state index >= 15 is 0 Å². The van der Waals surface area contributed by atoms with Gasteiger partial charge in [0.15, 0.2) is 0 Å². The molecule has 3 nitrogen and oxygen atoms in total. The maximum Gasteiger partial charge on any atom is 0.310 e. The van der Waals surface area contributed by atoms with Crippen molar-refractivity contribution in [2.24, 2.45) is 17.3 Å². The molecule has 16 heavy (non-hydrogen) atoms. The fourth-order valence-corrected chi connectivity index (χ4v) is 2.27. The summed E-state index contributed by atoms with van der Waals surface area (Å²) in [5.41, 5.74) is 0.304. The minimum Gasteiger partial charge on any atom is -0.466 e. The molecule has 1 fully saturated rings. The molecule has 0 aliphatic carbocycles. The van der Waals surface area contributed by atoms with Crippen LogP contribution in [0.25, 0.3) is 0 Å². The zero-order valence-corrected chi connectivity index (χ0v) is 11.0. The Balaban J connectivity index is 2.56. The summed E-state index contributed by atoms with van der Waals surface area (Å²) in [5.74, 6) is 0.580. The smallest absolute Gasteiger partial charge is 0.310 e. The second-order valence-corrected chi connectivity index (χ2v) is 5.38. The van der Waals surface area contributed by atoms with Gasteiger partial charge >= 0.3 is 5.97 Å². The quantitative estimate of drug-likeness (QED) is 0.748. The van der Waals surface area contributed by atoms with Gasteiger partial charge in [-0.05, 0) is 31.2 Å². The van der Waals surface area contributed by atoms with Crippen LogP contribution in [0.1, 0.15) is 40.5 Å². The standard InChI is InChI=1S/C13H25NO2/c1-5-13(3,4)11-7-10(8-14-9-11)12(15)16-6-2/h10-11,14H,5-9H2,1-4H3. The number of hydrogen-bond acceptors (Lipinski definition) is 3. The van der Waals surface area contributed by atoms with Gasteiger partial charge in [0.25, 0.3) is 0 Å². The molecule has 2 unspecified atom stereocenters. The topological polar surface area (TPSA) is 38.3 Å². The Hall–Kier alpha value is -0.570. The van der Waals surface area contributed by atoms with Crippen LogP contribution in [0.2, 0.25) is 0 Å². The Kier molecular flexibility index (Phi) is 4.78. The van der Waals surface area contributed by atoms with Crippen LogP contribution in [0.5, 0.6) is 0 Å². The van der Waals surface area contributed by atoms with E-state index in [9.17, 15) is 4.79 Å². The summed E-state index contributed by atoms with van der Waals surface area (Å²) in [6.45, 7) is 10.9. The van der Waals surface area contributed by atoms with E-state index in [2.05, 4.69) is 26.1 Å². The Morgan fingerprint density at radius 2 is 2.06 bits per heavy atom. The monoisotopic (exact) mass is 227 g/mol. The molecular formula is C13H25NO2. The fraction of sp³-hybridized carbons (Fsp3) is 0.923. The average Bonchev–Trinajstić information content (AvgIpc) is 2.29. The minimum atomic E-state index is -0.0356. The lowest BCUT2D eigenvalue weighted by atomic mass is 9.71. The van der Waals surface area contributed by atoms with E-state index in [0.29, 0.717) is 17.9 Å². The van der Waals surface area contributed by atoms with Crippen LogP contribution in [-0.2, 0) is 9.53 Å². The Morgan fingerprint density at radius 1 is 1.38 bits per heavy atom. The van der Waals surface area contributed by atoms with Gasteiger partial charge in [-0.2, -0.15) is 0 Å². The number of piperidine rings is 1. The van der Waals surface area contributed by atoms with Crippen LogP contribution in [0.4, 0.5) is 0 Å². The molecule has 1 rings (SSSR count). The van der Waals surface area contributed by atoms with Crippen molar-refractivity contribution in [3.63, 3.8) is 0 Å². The third kappa shape index (κ3) is 3.21. The summed E-state index contributed by atoms with van der Waals surface area (Å²) >= 11 is 0. The molecule has 0 radical (unpaired) electrons. The molecule has 0 spiro atoms. The Bertz CT molecular complexity index is 238. The normalized spacial score (nSPS) is 26.5. The second-order valence-electron chi connectivity index (χ2n) is 5.38. The number of carbonyl (C=O) groups excluding carboxylic acids is 1. The zero-order chi connectivity index (χ0) is 12.2. The first-order chi connectivity index (χ1) is 7.51. The molecule has 1 N–H and O–H groups in total. The number of nitrogens with one attached hydrogen (secondary N) is 1. The van der Waals surface area contributed by atoms with Gasteiger partial charge in [0, 0.05) is 6.54 Å². The first-order valence-electron chi connectivity index (χ1n) is 6.38. The summed E-state index contributed by atoms with van der Waals surface area (Å²) in [6.07, 6.45) is 2.11. The highest BCUT2D eigenvalue weighted by molar-refractivity contribution is 5.72. The number of carbonyl (C=O) groups is 1. The number of hydrogen-bond donors (Lipinski definition) is 1. The average molecular weight is 227 g/mol. The number of esters is 1. The highest BCUT2D eigenvalue weighted by atomic mass is 16.5. The van der Waals surface area contributed by atoms with Crippen molar-refractivity contribution >= 4 is 5.97 Å². The molecule has 1 aliphatic heterocycles. The lowest BCUT2D eigenvalue weighted by Crippen LogP contribution is -2.45. The second kappa shape index (κ2) is 5.67. The molecule has 0 aromatic rings. The van der Waals surface area contributed by atoms with E-state index in [4.69, 9.17) is 4.74 Å². The zero-order valence-electron chi connectivity index (χ0n) is 11.0. The molecule has 94 valence electrons. The van der Waals surface area contributed by atoms with E-state index in [-0.39, 0.29) is 11.9 Å². The van der Waals surface area contributed by atoms with Crippen molar-refractivity contribution in [2.75, 3.05) is 19.7 Å². The van der Waals surface area contributed by atoms with E-state index < -0.39 is 0 Å². The Labute approximate surface area is 98.9 Å². The maximum atomic E-state index is 11.7. The molecule has 0 bridgehead atoms. The lowest BCUT2D eigenvalue weighted by molar-refractivity contribution is -0.149. The van der Waals surface area contributed by atoms with Crippen molar-refractivity contribution in [1.82, 2.24) is 5.32 Å². The first kappa shape index (κ1) is 13.5. The van der Waals surface area contributed by atoms with Gasteiger partial charge in [-0.3, -0.25) is 4.79 Å². The molecule has 0 amide bonds. The Morgan fingerprint density at radius 3 is 2.62 bits per heavy atom. The number of ether oxygens (including phenoxy) is 1. The molecule has 1 saturated heterocycles. The van der Waals surface area contributed by atoms with Crippen LogP contribution in [0, 0.1) is 17.3 Å². The molecule has 1 heterocycles. The van der Waals surface area contributed by atoms with Gasteiger partial charge in [0.05, 0.1) is 12.5 Å². The molecule has 3 heteroatoms. The van der Waals surface area contributed by atoms with Crippen LogP contribution < -0.4 is 5.32 Å². The van der Waals surface area contributed by atoms with Crippen LogP contribution in [0.3, 0.4) is 0 Å². The van der Waals surface area contributed by atoms with Crippen LogP contribution in [-0.4, -0.2) is 25.7 Å². The minimum absolute atomic E-state index is 0.0356. The SMILES string of the molecule is CCOC(=O)C1CNCC(C(C)(C)CC)C1.